The lowest BCUT2D eigenvalue weighted by atomic mass is 10.4. The lowest BCUT2D eigenvalue weighted by molar-refractivity contribution is -0.121. The molecule has 0 aliphatic rings. The van der Waals surface area contributed by atoms with Crippen LogP contribution in [0.5, 0.6) is 0 Å². The molecule has 1 aromatic heterocycles. The molecule has 60 valence electrons. The maximum absolute atomic E-state index is 10.7. The first kappa shape index (κ1) is 7.74. The second kappa shape index (κ2) is 3.16. The Morgan fingerprint density at radius 1 is 1.91 bits per heavy atom. The van der Waals surface area contributed by atoms with Gasteiger partial charge in [0.25, 0.3) is 5.91 Å². The molecule has 0 atom stereocenters. The summed E-state index contributed by atoms with van der Waals surface area (Å²) in [5.74, 6) is 4.63. The lowest BCUT2D eigenvalue weighted by Gasteiger charge is -1.97. The fraction of sp³-hybridized carbons (Fsp3) is 0.333. The van der Waals surface area contributed by atoms with Crippen LogP contribution in [0.1, 0.15) is 5.56 Å². The molecule has 5 nitrogen and oxygen atoms in total. The van der Waals surface area contributed by atoms with E-state index in [-0.39, 0.29) is 12.5 Å². The third-order valence-corrected chi connectivity index (χ3v) is 1.23. The summed E-state index contributed by atoms with van der Waals surface area (Å²) in [4.78, 5) is 10.7. The first-order valence-electron chi connectivity index (χ1n) is 3.21. The molecule has 3 N–H and O–H groups in total. The van der Waals surface area contributed by atoms with Gasteiger partial charge in [0.1, 0.15) is 6.54 Å². The van der Waals surface area contributed by atoms with E-state index in [2.05, 4.69) is 5.10 Å². The zero-order valence-electron chi connectivity index (χ0n) is 6.24. The highest BCUT2D eigenvalue weighted by molar-refractivity contribution is 5.74. The minimum Gasteiger partial charge on any atom is -0.293 e. The predicted octanol–water partition coefficient (Wildman–Crippen LogP) is -0.819. The molecule has 5 heteroatoms. The summed E-state index contributed by atoms with van der Waals surface area (Å²) in [5.41, 5.74) is 3.05. The summed E-state index contributed by atoms with van der Waals surface area (Å²) in [6.45, 7) is 2.08. The number of carbonyl (C=O) groups is 1. The highest BCUT2D eigenvalue weighted by Crippen LogP contribution is 1.92. The normalized spacial score (nSPS) is 9.64. The van der Waals surface area contributed by atoms with Gasteiger partial charge in [-0.25, -0.2) is 5.84 Å². The van der Waals surface area contributed by atoms with E-state index in [1.54, 1.807) is 12.4 Å². The average molecular weight is 154 g/mol. The Morgan fingerprint density at radius 2 is 2.64 bits per heavy atom. The summed E-state index contributed by atoms with van der Waals surface area (Å²) >= 11 is 0. The van der Waals surface area contributed by atoms with E-state index in [9.17, 15) is 4.79 Å². The van der Waals surface area contributed by atoms with E-state index in [1.165, 1.54) is 4.68 Å². The van der Waals surface area contributed by atoms with Crippen molar-refractivity contribution >= 4 is 5.91 Å². The van der Waals surface area contributed by atoms with E-state index in [4.69, 9.17) is 5.84 Å². The van der Waals surface area contributed by atoms with Crippen LogP contribution in [0.3, 0.4) is 0 Å². The lowest BCUT2D eigenvalue weighted by Crippen LogP contribution is -2.33. The molecule has 0 bridgehead atoms. The Hall–Kier alpha value is -1.36. The molecule has 1 amide bonds. The molecule has 0 saturated heterocycles. The van der Waals surface area contributed by atoms with Gasteiger partial charge < -0.3 is 0 Å². The Balaban J connectivity index is 2.57. The zero-order chi connectivity index (χ0) is 8.27. The van der Waals surface area contributed by atoms with Gasteiger partial charge in [-0.2, -0.15) is 5.10 Å². The highest BCUT2D eigenvalue weighted by Gasteiger charge is 1.99. The van der Waals surface area contributed by atoms with Gasteiger partial charge in [-0.3, -0.25) is 14.9 Å². The zero-order valence-corrected chi connectivity index (χ0v) is 6.24. The Bertz CT molecular complexity index is 255. The Morgan fingerprint density at radius 3 is 3.09 bits per heavy atom. The molecule has 11 heavy (non-hydrogen) atoms. The number of hydrazine groups is 1. The molecular weight excluding hydrogens is 144 g/mol. The molecule has 1 heterocycles. The largest absolute Gasteiger partial charge is 0.293 e. The number of carbonyl (C=O) groups excluding carboxylic acids is 1. The van der Waals surface area contributed by atoms with Gasteiger partial charge in [0.05, 0.1) is 6.20 Å². The Kier molecular flexibility index (Phi) is 2.22. The fourth-order valence-electron chi connectivity index (χ4n) is 0.746. The molecular formula is C6H10N4O. The smallest absolute Gasteiger partial charge is 0.255 e. The number of nitrogens with two attached hydrogens (primary N) is 1. The van der Waals surface area contributed by atoms with Crippen molar-refractivity contribution in [1.82, 2.24) is 15.2 Å². The second-order valence-corrected chi connectivity index (χ2v) is 2.28. The first-order chi connectivity index (χ1) is 5.22. The minimum absolute atomic E-state index is 0.171. The number of hydrogen-bond donors (Lipinski definition) is 2. The first-order valence-corrected chi connectivity index (χ1v) is 3.21. The fourth-order valence-corrected chi connectivity index (χ4v) is 0.746. The standard InChI is InChI=1S/C6H10N4O/c1-5-2-8-10(3-5)4-6(11)9-7/h2-3H,4,7H2,1H3,(H,9,11). The number of aromatic nitrogens is 2. The number of aryl methyl sites for hydroxylation is 1. The number of nitrogens with zero attached hydrogens (tertiary/aromatic N) is 2. The van der Waals surface area contributed by atoms with Gasteiger partial charge in [0.2, 0.25) is 0 Å². The van der Waals surface area contributed by atoms with E-state index in [1.807, 2.05) is 12.3 Å². The van der Waals surface area contributed by atoms with Crippen molar-refractivity contribution in [3.05, 3.63) is 18.0 Å². The number of rotatable bonds is 2. The average Bonchev–Trinajstić information content (AvgIpc) is 2.35. The van der Waals surface area contributed by atoms with Crippen LogP contribution < -0.4 is 11.3 Å². The van der Waals surface area contributed by atoms with Crippen LogP contribution in [0.2, 0.25) is 0 Å². The van der Waals surface area contributed by atoms with Crippen LogP contribution >= 0.6 is 0 Å². The third-order valence-electron chi connectivity index (χ3n) is 1.23. The monoisotopic (exact) mass is 154 g/mol. The van der Waals surface area contributed by atoms with Crippen molar-refractivity contribution in [1.29, 1.82) is 0 Å². The van der Waals surface area contributed by atoms with E-state index in [0.717, 1.165) is 5.56 Å². The van der Waals surface area contributed by atoms with Crippen molar-refractivity contribution in [2.75, 3.05) is 0 Å². The second-order valence-electron chi connectivity index (χ2n) is 2.28. The van der Waals surface area contributed by atoms with Gasteiger partial charge in [0, 0.05) is 6.20 Å². The number of hydrogen-bond acceptors (Lipinski definition) is 3. The molecule has 1 aromatic rings. The van der Waals surface area contributed by atoms with E-state index < -0.39 is 0 Å². The summed E-state index contributed by atoms with van der Waals surface area (Å²) < 4.78 is 1.53. The summed E-state index contributed by atoms with van der Waals surface area (Å²) in [6.07, 6.45) is 3.46. The van der Waals surface area contributed by atoms with Crippen molar-refractivity contribution in [3.8, 4) is 0 Å². The summed E-state index contributed by atoms with van der Waals surface area (Å²) in [6, 6.07) is 0. The quantitative estimate of drug-likeness (QED) is 0.332. The van der Waals surface area contributed by atoms with E-state index >= 15 is 0 Å². The molecule has 0 aromatic carbocycles. The SMILES string of the molecule is Cc1cnn(CC(=O)NN)c1. The molecule has 0 fully saturated rings. The maximum Gasteiger partial charge on any atom is 0.255 e. The van der Waals surface area contributed by atoms with Crippen molar-refractivity contribution < 1.29 is 4.79 Å². The molecule has 0 unspecified atom stereocenters. The van der Waals surface area contributed by atoms with Gasteiger partial charge in [-0.1, -0.05) is 0 Å². The van der Waals surface area contributed by atoms with Crippen LogP contribution in [0.25, 0.3) is 0 Å². The third kappa shape index (κ3) is 2.05. The van der Waals surface area contributed by atoms with Crippen LogP contribution in [0.4, 0.5) is 0 Å². The Labute approximate surface area is 64.2 Å². The predicted molar refractivity (Wildman–Crippen MR) is 39.3 cm³/mol. The molecule has 0 spiro atoms. The number of amides is 1. The van der Waals surface area contributed by atoms with Crippen LogP contribution in [-0.2, 0) is 11.3 Å². The van der Waals surface area contributed by atoms with E-state index in [0.29, 0.717) is 0 Å². The topological polar surface area (TPSA) is 72.9 Å². The molecule has 0 saturated carbocycles. The molecule has 1 rings (SSSR count). The summed E-state index contributed by atoms with van der Waals surface area (Å²) in [7, 11) is 0. The highest BCUT2D eigenvalue weighted by atomic mass is 16.2. The van der Waals surface area contributed by atoms with Gasteiger partial charge in [-0.05, 0) is 12.5 Å². The van der Waals surface area contributed by atoms with Crippen molar-refractivity contribution in [3.63, 3.8) is 0 Å². The van der Waals surface area contributed by atoms with Gasteiger partial charge in [0.15, 0.2) is 0 Å². The molecule has 0 aliphatic heterocycles. The van der Waals surface area contributed by atoms with Crippen LogP contribution in [0, 0.1) is 6.92 Å². The van der Waals surface area contributed by atoms with Crippen LogP contribution in [0.15, 0.2) is 12.4 Å². The summed E-state index contributed by atoms with van der Waals surface area (Å²) in [5, 5.41) is 3.90. The van der Waals surface area contributed by atoms with Gasteiger partial charge in [-0.15, -0.1) is 0 Å². The maximum atomic E-state index is 10.7. The van der Waals surface area contributed by atoms with Crippen LogP contribution in [-0.4, -0.2) is 15.7 Å². The molecule has 0 radical (unpaired) electrons. The van der Waals surface area contributed by atoms with Gasteiger partial charge >= 0.3 is 0 Å². The van der Waals surface area contributed by atoms with Crippen molar-refractivity contribution in [2.45, 2.75) is 13.5 Å². The van der Waals surface area contributed by atoms with Crippen molar-refractivity contribution in [2.24, 2.45) is 5.84 Å². The minimum atomic E-state index is -0.256. The molecule has 0 aliphatic carbocycles. The number of nitrogens with one attached hydrogen (secondary N) is 1.